The Morgan fingerprint density at radius 1 is 1.33 bits per heavy atom. The van der Waals surface area contributed by atoms with Crippen molar-refractivity contribution in [3.63, 3.8) is 0 Å². The minimum absolute atomic E-state index is 0.322. The van der Waals surface area contributed by atoms with Crippen molar-refractivity contribution >= 4 is 17.7 Å². The summed E-state index contributed by atoms with van der Waals surface area (Å²) in [4.78, 5) is 9.25. The van der Waals surface area contributed by atoms with Crippen LogP contribution in [0.25, 0.3) is 0 Å². The van der Waals surface area contributed by atoms with Gasteiger partial charge in [0.15, 0.2) is 0 Å². The minimum Gasteiger partial charge on any atom is -0.508 e. The van der Waals surface area contributed by atoms with Crippen LogP contribution < -0.4 is 0 Å². The lowest BCUT2D eigenvalue weighted by Crippen LogP contribution is -1.82. The molecule has 0 atom stereocenters. The average molecular weight is 226 g/mol. The van der Waals surface area contributed by atoms with Crippen molar-refractivity contribution in [2.75, 3.05) is 11.5 Å². The van der Waals surface area contributed by atoms with Gasteiger partial charge in [0.2, 0.25) is 0 Å². The van der Waals surface area contributed by atoms with Gasteiger partial charge in [0.05, 0.1) is 0 Å². The van der Waals surface area contributed by atoms with Gasteiger partial charge in [-0.05, 0) is 12.1 Å². The Balaban J connectivity index is 0.000000213. The van der Waals surface area contributed by atoms with E-state index < -0.39 is 5.97 Å². The molecule has 1 saturated heterocycles. The van der Waals surface area contributed by atoms with E-state index in [-0.39, 0.29) is 0 Å². The maximum Gasteiger partial charge on any atom is 0.327 e. The lowest BCUT2D eigenvalue weighted by Gasteiger charge is -1.82. The molecule has 15 heavy (non-hydrogen) atoms. The first-order valence-electron chi connectivity index (χ1n) is 4.34. The first kappa shape index (κ1) is 13.6. The number of phenolic OH excluding ortho intramolecular Hbond substituents is 1. The third-order valence-corrected chi connectivity index (χ3v) is 1.54. The van der Waals surface area contributed by atoms with Crippen molar-refractivity contribution in [3.05, 3.63) is 43.0 Å². The molecule has 0 unspecified atom stereocenters. The smallest absolute Gasteiger partial charge is 0.327 e. The highest BCUT2D eigenvalue weighted by molar-refractivity contribution is 8.06. The van der Waals surface area contributed by atoms with E-state index in [9.17, 15) is 4.79 Å². The van der Waals surface area contributed by atoms with Crippen LogP contribution in [0.1, 0.15) is 0 Å². The summed E-state index contributed by atoms with van der Waals surface area (Å²) < 4.78 is 0. The maximum atomic E-state index is 9.25. The van der Waals surface area contributed by atoms with E-state index in [0.29, 0.717) is 5.75 Å². The van der Waals surface area contributed by atoms with Crippen LogP contribution in [0.5, 0.6) is 5.75 Å². The number of hydrogen-bond donors (Lipinski definition) is 2. The van der Waals surface area contributed by atoms with Gasteiger partial charge in [0.25, 0.3) is 0 Å². The van der Waals surface area contributed by atoms with Crippen molar-refractivity contribution in [3.8, 4) is 5.75 Å². The first-order valence-corrected chi connectivity index (χ1v) is 5.49. The lowest BCUT2D eigenvalue weighted by atomic mass is 10.3. The number of aromatic hydroxyl groups is 1. The lowest BCUT2D eigenvalue weighted by molar-refractivity contribution is -0.131. The zero-order chi connectivity index (χ0) is 11.5. The number of carbonyl (C=O) groups is 1. The standard InChI is InChI=1S/C6H6O.C3H4O2.C2H4S/c7-6-4-2-1-3-5-6;1-2-3(4)5;1-2-3-1/h1-5,7H;2H,1H2,(H,4,5);1-2H2. The van der Waals surface area contributed by atoms with E-state index in [4.69, 9.17) is 10.2 Å². The van der Waals surface area contributed by atoms with Gasteiger partial charge in [-0.1, -0.05) is 24.8 Å². The molecule has 4 heteroatoms. The van der Waals surface area contributed by atoms with E-state index in [1.165, 1.54) is 11.5 Å². The highest BCUT2D eigenvalue weighted by Gasteiger charge is 1.95. The Labute approximate surface area is 93.4 Å². The molecular formula is C11H14O3S. The fourth-order valence-electron chi connectivity index (χ4n) is 0.428. The third-order valence-electron chi connectivity index (χ3n) is 1.13. The molecule has 0 amide bonds. The van der Waals surface area contributed by atoms with Crippen LogP contribution in [0.15, 0.2) is 43.0 Å². The number of hydrogen-bond acceptors (Lipinski definition) is 3. The number of carboxylic acid groups (broad SMARTS) is 1. The molecule has 0 aromatic heterocycles. The summed E-state index contributed by atoms with van der Waals surface area (Å²) in [5, 5.41) is 16.2. The van der Waals surface area contributed by atoms with Gasteiger partial charge in [-0.15, -0.1) is 0 Å². The molecule has 2 rings (SSSR count). The molecule has 1 aromatic rings. The average Bonchev–Trinajstić information content (AvgIpc) is 3.06. The molecule has 0 saturated carbocycles. The largest absolute Gasteiger partial charge is 0.508 e. The van der Waals surface area contributed by atoms with E-state index >= 15 is 0 Å². The summed E-state index contributed by atoms with van der Waals surface area (Å²) in [5.74, 6) is 2.17. The number of rotatable bonds is 1. The Bertz CT molecular complexity index is 280. The predicted molar refractivity (Wildman–Crippen MR) is 63.3 cm³/mol. The predicted octanol–water partition coefficient (Wildman–Crippen LogP) is 2.38. The van der Waals surface area contributed by atoms with Crippen LogP contribution in [0.2, 0.25) is 0 Å². The topological polar surface area (TPSA) is 57.5 Å². The highest BCUT2D eigenvalue weighted by atomic mass is 32.2. The molecule has 0 bridgehead atoms. The molecule has 0 spiro atoms. The second-order valence-corrected chi connectivity index (χ2v) is 3.72. The second-order valence-electron chi connectivity index (χ2n) is 2.49. The fraction of sp³-hybridized carbons (Fsp3) is 0.182. The number of thioether (sulfide) groups is 1. The van der Waals surface area contributed by atoms with Crippen molar-refractivity contribution < 1.29 is 15.0 Å². The Morgan fingerprint density at radius 3 is 1.87 bits per heavy atom. The van der Waals surface area contributed by atoms with Crippen LogP contribution in [0.4, 0.5) is 0 Å². The summed E-state index contributed by atoms with van der Waals surface area (Å²) in [6.07, 6.45) is 0.833. The Kier molecular flexibility index (Phi) is 8.28. The fourth-order valence-corrected chi connectivity index (χ4v) is 0.428. The van der Waals surface area contributed by atoms with Gasteiger partial charge in [-0.2, -0.15) is 11.8 Å². The van der Waals surface area contributed by atoms with Crippen molar-refractivity contribution in [1.82, 2.24) is 0 Å². The summed E-state index contributed by atoms with van der Waals surface area (Å²) in [6, 6.07) is 8.71. The van der Waals surface area contributed by atoms with Crippen LogP contribution in [-0.2, 0) is 4.79 Å². The molecule has 1 aliphatic heterocycles. The van der Waals surface area contributed by atoms with E-state index in [2.05, 4.69) is 6.58 Å². The van der Waals surface area contributed by atoms with Gasteiger partial charge in [0.1, 0.15) is 5.75 Å². The second kappa shape index (κ2) is 9.15. The quantitative estimate of drug-likeness (QED) is 0.570. The van der Waals surface area contributed by atoms with Gasteiger partial charge < -0.3 is 10.2 Å². The van der Waals surface area contributed by atoms with Gasteiger partial charge in [-0.3, -0.25) is 0 Å². The van der Waals surface area contributed by atoms with Gasteiger partial charge in [-0.25, -0.2) is 4.79 Å². The zero-order valence-corrected chi connectivity index (χ0v) is 9.11. The van der Waals surface area contributed by atoms with E-state index in [1.54, 1.807) is 24.3 Å². The van der Waals surface area contributed by atoms with Crippen molar-refractivity contribution in [2.45, 2.75) is 0 Å². The molecule has 1 aliphatic rings. The molecule has 0 aliphatic carbocycles. The van der Waals surface area contributed by atoms with E-state index in [1.807, 2.05) is 17.8 Å². The number of aliphatic carboxylic acids is 1. The maximum absolute atomic E-state index is 9.25. The molecule has 3 nitrogen and oxygen atoms in total. The first-order chi connectivity index (χ1) is 7.16. The van der Waals surface area contributed by atoms with E-state index in [0.717, 1.165) is 6.08 Å². The minimum atomic E-state index is -0.981. The molecule has 1 fully saturated rings. The Hall–Kier alpha value is -1.42. The summed E-state index contributed by atoms with van der Waals surface area (Å²) in [5.41, 5.74) is 0. The Morgan fingerprint density at radius 2 is 1.73 bits per heavy atom. The summed E-state index contributed by atoms with van der Waals surface area (Å²) in [6.45, 7) is 2.96. The summed E-state index contributed by atoms with van der Waals surface area (Å²) >= 11 is 2.00. The SMILES string of the molecule is C1CS1.C=CC(=O)O.Oc1ccccc1. The number of carboxylic acids is 1. The van der Waals surface area contributed by atoms with Crippen LogP contribution in [0.3, 0.4) is 0 Å². The number of phenols is 1. The van der Waals surface area contributed by atoms with Crippen LogP contribution >= 0.6 is 11.8 Å². The van der Waals surface area contributed by atoms with Crippen LogP contribution in [0, 0.1) is 0 Å². The molecular weight excluding hydrogens is 212 g/mol. The van der Waals surface area contributed by atoms with Crippen LogP contribution in [-0.4, -0.2) is 27.7 Å². The number of benzene rings is 1. The molecule has 2 N–H and O–H groups in total. The summed E-state index contributed by atoms with van der Waals surface area (Å²) in [7, 11) is 0. The van der Waals surface area contributed by atoms with Crippen molar-refractivity contribution in [1.29, 1.82) is 0 Å². The molecule has 0 radical (unpaired) electrons. The normalized spacial score (nSPS) is 10.9. The molecule has 1 heterocycles. The van der Waals surface area contributed by atoms with Gasteiger partial charge >= 0.3 is 5.97 Å². The third kappa shape index (κ3) is 15.3. The molecule has 82 valence electrons. The molecule has 1 aromatic carbocycles. The zero-order valence-electron chi connectivity index (χ0n) is 8.30. The van der Waals surface area contributed by atoms with Gasteiger partial charge in [0, 0.05) is 17.6 Å². The number of para-hydroxylation sites is 1. The highest BCUT2D eigenvalue weighted by Crippen LogP contribution is 2.14. The van der Waals surface area contributed by atoms with Crippen molar-refractivity contribution in [2.24, 2.45) is 0 Å². The monoisotopic (exact) mass is 226 g/mol.